The minimum atomic E-state index is -0.454. The monoisotopic (exact) mass is 255 g/mol. The van der Waals surface area contributed by atoms with Gasteiger partial charge in [0.1, 0.15) is 17.5 Å². The van der Waals surface area contributed by atoms with Gasteiger partial charge in [-0.2, -0.15) is 5.26 Å². The van der Waals surface area contributed by atoms with Gasteiger partial charge in [-0.15, -0.1) is 11.3 Å². The van der Waals surface area contributed by atoms with Crippen molar-refractivity contribution in [2.45, 2.75) is 0 Å². The summed E-state index contributed by atoms with van der Waals surface area (Å²) < 4.78 is 0. The first-order chi connectivity index (χ1) is 8.79. The molecule has 0 aliphatic carbocycles. The Balaban J connectivity index is 2.15. The van der Waals surface area contributed by atoms with Crippen LogP contribution in [0.25, 0.3) is 6.08 Å². The summed E-state index contributed by atoms with van der Waals surface area (Å²) in [6, 6.07) is 10.8. The Labute approximate surface area is 108 Å². The molecule has 18 heavy (non-hydrogen) atoms. The Morgan fingerprint density at radius 2 is 2.28 bits per heavy atom. The molecule has 2 rings (SSSR count). The lowest BCUT2D eigenvalue weighted by molar-refractivity contribution is -0.112. The largest absolute Gasteiger partial charge is 0.306 e. The molecule has 5 heteroatoms. The first-order valence-corrected chi connectivity index (χ1v) is 6.05. The smallest absolute Gasteiger partial charge is 0.267 e. The van der Waals surface area contributed by atoms with E-state index in [1.165, 1.54) is 11.3 Å². The van der Waals surface area contributed by atoms with Gasteiger partial charge in [-0.05, 0) is 29.7 Å². The van der Waals surface area contributed by atoms with Gasteiger partial charge in [0.05, 0.1) is 0 Å². The van der Waals surface area contributed by atoms with Gasteiger partial charge >= 0.3 is 0 Å². The second-order valence-electron chi connectivity index (χ2n) is 3.35. The molecule has 0 unspecified atom stereocenters. The van der Waals surface area contributed by atoms with Crippen molar-refractivity contribution in [1.29, 1.82) is 5.26 Å². The Kier molecular flexibility index (Phi) is 3.84. The lowest BCUT2D eigenvalue weighted by atomic mass is 10.2. The van der Waals surface area contributed by atoms with E-state index in [4.69, 9.17) is 5.26 Å². The third-order valence-electron chi connectivity index (χ3n) is 2.10. The predicted molar refractivity (Wildman–Crippen MR) is 70.8 cm³/mol. The molecule has 0 aliphatic heterocycles. The van der Waals surface area contributed by atoms with Crippen molar-refractivity contribution in [3.63, 3.8) is 0 Å². The molecule has 1 amide bonds. The molecule has 0 radical (unpaired) electrons. The summed E-state index contributed by atoms with van der Waals surface area (Å²) in [4.78, 5) is 16.7. The topological polar surface area (TPSA) is 65.8 Å². The summed E-state index contributed by atoms with van der Waals surface area (Å²) in [6.45, 7) is 0. The fraction of sp³-hybridized carbons (Fsp3) is 0. The second-order valence-corrected chi connectivity index (χ2v) is 4.33. The molecule has 4 nitrogen and oxygen atoms in total. The second kappa shape index (κ2) is 5.75. The number of amides is 1. The van der Waals surface area contributed by atoms with Crippen LogP contribution in [0.1, 0.15) is 4.88 Å². The van der Waals surface area contributed by atoms with Crippen molar-refractivity contribution in [3.8, 4) is 6.07 Å². The number of nitrogens with one attached hydrogen (secondary N) is 1. The van der Waals surface area contributed by atoms with E-state index < -0.39 is 5.91 Å². The molecule has 0 fully saturated rings. The van der Waals surface area contributed by atoms with E-state index in [0.717, 1.165) is 4.88 Å². The van der Waals surface area contributed by atoms with Gasteiger partial charge in [0.25, 0.3) is 5.91 Å². The van der Waals surface area contributed by atoms with Gasteiger partial charge in [-0.1, -0.05) is 12.1 Å². The highest BCUT2D eigenvalue weighted by molar-refractivity contribution is 7.10. The molecule has 0 saturated carbocycles. The number of nitriles is 1. The molecule has 2 heterocycles. The van der Waals surface area contributed by atoms with E-state index in [9.17, 15) is 4.79 Å². The van der Waals surface area contributed by atoms with Crippen molar-refractivity contribution < 1.29 is 4.79 Å². The van der Waals surface area contributed by atoms with Gasteiger partial charge in [0, 0.05) is 11.1 Å². The first kappa shape index (κ1) is 12.0. The van der Waals surface area contributed by atoms with E-state index in [0.29, 0.717) is 5.82 Å². The van der Waals surface area contributed by atoms with Crippen LogP contribution in [0.15, 0.2) is 47.5 Å². The quantitative estimate of drug-likeness (QED) is 0.677. The summed E-state index contributed by atoms with van der Waals surface area (Å²) >= 11 is 1.47. The maximum atomic E-state index is 11.8. The molecule has 1 N–H and O–H groups in total. The number of carbonyl (C=O) groups is 1. The standard InChI is InChI=1S/C13H9N3OS/c14-9-10(8-11-4-3-7-18-11)13(17)16-12-5-1-2-6-15-12/h1-8H,(H,15,16,17)/b10-8+. The van der Waals surface area contributed by atoms with Crippen LogP contribution in [0.2, 0.25) is 0 Å². The normalized spacial score (nSPS) is 10.7. The number of aromatic nitrogens is 1. The Bertz CT molecular complexity index is 597. The number of thiophene rings is 1. The molecule has 0 spiro atoms. The zero-order valence-corrected chi connectivity index (χ0v) is 10.1. The minimum absolute atomic E-state index is 0.0584. The molecule has 0 saturated heterocycles. The van der Waals surface area contributed by atoms with Crippen LogP contribution >= 0.6 is 11.3 Å². The fourth-order valence-electron chi connectivity index (χ4n) is 1.28. The van der Waals surface area contributed by atoms with Crippen LogP contribution < -0.4 is 5.32 Å². The van der Waals surface area contributed by atoms with Crippen molar-refractivity contribution in [3.05, 3.63) is 52.4 Å². The van der Waals surface area contributed by atoms with Crippen LogP contribution in [0, 0.1) is 11.3 Å². The zero-order valence-electron chi connectivity index (χ0n) is 9.33. The first-order valence-electron chi connectivity index (χ1n) is 5.17. The maximum absolute atomic E-state index is 11.8. The van der Waals surface area contributed by atoms with Gasteiger partial charge < -0.3 is 5.32 Å². The SMILES string of the molecule is N#C/C(=C\c1cccs1)C(=O)Nc1ccccn1. The highest BCUT2D eigenvalue weighted by Crippen LogP contribution is 2.14. The number of carbonyl (C=O) groups excluding carboxylic acids is 1. The lowest BCUT2D eigenvalue weighted by Crippen LogP contribution is -2.14. The summed E-state index contributed by atoms with van der Waals surface area (Å²) in [5.74, 6) is -0.0283. The number of hydrogen-bond acceptors (Lipinski definition) is 4. The van der Waals surface area contributed by atoms with Crippen LogP contribution in [0.4, 0.5) is 5.82 Å². The Hall–Kier alpha value is -2.45. The lowest BCUT2D eigenvalue weighted by Gasteiger charge is -2.01. The minimum Gasteiger partial charge on any atom is -0.306 e. The number of anilines is 1. The molecular weight excluding hydrogens is 246 g/mol. The third-order valence-corrected chi connectivity index (χ3v) is 2.92. The molecule has 2 aromatic rings. The molecule has 88 valence electrons. The zero-order chi connectivity index (χ0) is 12.8. The maximum Gasteiger partial charge on any atom is 0.267 e. The average molecular weight is 255 g/mol. The van der Waals surface area contributed by atoms with Gasteiger partial charge in [-0.25, -0.2) is 4.98 Å². The third kappa shape index (κ3) is 3.03. The number of rotatable bonds is 3. The van der Waals surface area contributed by atoms with E-state index in [2.05, 4.69) is 10.3 Å². The van der Waals surface area contributed by atoms with Gasteiger partial charge in [0.15, 0.2) is 0 Å². The average Bonchev–Trinajstić information content (AvgIpc) is 2.90. The highest BCUT2D eigenvalue weighted by Gasteiger charge is 2.09. The van der Waals surface area contributed by atoms with Crippen LogP contribution in [0.5, 0.6) is 0 Å². The fourth-order valence-corrected chi connectivity index (χ4v) is 1.94. The summed E-state index contributed by atoms with van der Waals surface area (Å²) in [6.07, 6.45) is 3.13. The molecule has 0 atom stereocenters. The van der Waals surface area contributed by atoms with Crippen LogP contribution in [-0.2, 0) is 4.79 Å². The van der Waals surface area contributed by atoms with Gasteiger partial charge in [-0.3, -0.25) is 4.79 Å². The highest BCUT2D eigenvalue weighted by atomic mass is 32.1. The van der Waals surface area contributed by atoms with Gasteiger partial charge in [0.2, 0.25) is 0 Å². The van der Waals surface area contributed by atoms with E-state index in [-0.39, 0.29) is 5.57 Å². The van der Waals surface area contributed by atoms with Crippen molar-refractivity contribution in [2.75, 3.05) is 5.32 Å². The predicted octanol–water partition coefficient (Wildman–Crippen LogP) is 2.69. The molecule has 0 bridgehead atoms. The molecule has 2 aromatic heterocycles. The summed E-state index contributed by atoms with van der Waals surface area (Å²) in [5, 5.41) is 13.4. The van der Waals surface area contributed by atoms with Crippen molar-refractivity contribution >= 4 is 29.1 Å². The van der Waals surface area contributed by atoms with Crippen molar-refractivity contribution in [1.82, 2.24) is 4.98 Å². The van der Waals surface area contributed by atoms with E-state index in [1.807, 2.05) is 23.6 Å². The van der Waals surface area contributed by atoms with Crippen LogP contribution in [0.3, 0.4) is 0 Å². The number of nitrogens with zero attached hydrogens (tertiary/aromatic N) is 2. The number of hydrogen-bond donors (Lipinski definition) is 1. The van der Waals surface area contributed by atoms with E-state index >= 15 is 0 Å². The molecular formula is C13H9N3OS. The van der Waals surface area contributed by atoms with Crippen LogP contribution in [-0.4, -0.2) is 10.9 Å². The number of pyridine rings is 1. The molecule has 0 aliphatic rings. The Morgan fingerprint density at radius 1 is 1.39 bits per heavy atom. The summed E-state index contributed by atoms with van der Waals surface area (Å²) in [7, 11) is 0. The van der Waals surface area contributed by atoms with Crippen molar-refractivity contribution in [2.24, 2.45) is 0 Å². The Morgan fingerprint density at radius 3 is 2.89 bits per heavy atom. The molecule has 0 aromatic carbocycles. The summed E-state index contributed by atoms with van der Waals surface area (Å²) in [5.41, 5.74) is 0.0584. The van der Waals surface area contributed by atoms with E-state index in [1.54, 1.807) is 30.5 Å².